The van der Waals surface area contributed by atoms with Gasteiger partial charge in [-0.1, -0.05) is 11.6 Å². The Morgan fingerprint density at radius 3 is 2.38 bits per heavy atom. The third-order valence-electron chi connectivity index (χ3n) is 1.21. The molecule has 13 heavy (non-hydrogen) atoms. The number of hydrogen-bond acceptors (Lipinski definition) is 1. The summed E-state index contributed by atoms with van der Waals surface area (Å²) in [6.45, 7) is -3.29. The minimum atomic E-state index is -3.29. The quantitative estimate of drug-likeness (QED) is 0.543. The van der Waals surface area contributed by atoms with Crippen LogP contribution in [-0.4, -0.2) is 6.61 Å². The van der Waals surface area contributed by atoms with E-state index < -0.39 is 29.0 Å². The highest BCUT2D eigenvalue weighted by Crippen LogP contribution is 2.28. The van der Waals surface area contributed by atoms with Gasteiger partial charge in [0, 0.05) is 0 Å². The fraction of sp³-hybridized carbons (Fsp3) is 0.143. The van der Waals surface area contributed by atoms with E-state index in [0.29, 0.717) is 0 Å². The first-order chi connectivity index (χ1) is 6.02. The second-order valence-electron chi connectivity index (χ2n) is 2.05. The summed E-state index contributed by atoms with van der Waals surface area (Å²) in [6.07, 6.45) is 0. The first kappa shape index (κ1) is 10.1. The Hall–Kier alpha value is -0.970. The molecule has 1 aromatic rings. The molecule has 0 amide bonds. The van der Waals surface area contributed by atoms with Crippen molar-refractivity contribution in [2.24, 2.45) is 0 Å². The fourth-order valence-corrected chi connectivity index (χ4v) is 0.854. The van der Waals surface area contributed by atoms with E-state index in [-0.39, 0.29) is 0 Å². The van der Waals surface area contributed by atoms with Crippen molar-refractivity contribution >= 4 is 11.6 Å². The number of alkyl halides is 2. The van der Waals surface area contributed by atoms with Crippen molar-refractivity contribution in [1.82, 2.24) is 0 Å². The zero-order chi connectivity index (χ0) is 10.0. The molecule has 1 rings (SSSR count). The van der Waals surface area contributed by atoms with Gasteiger partial charge in [-0.3, -0.25) is 0 Å². The molecule has 0 N–H and O–H groups in total. The van der Waals surface area contributed by atoms with E-state index >= 15 is 0 Å². The van der Waals surface area contributed by atoms with Crippen molar-refractivity contribution in [3.05, 3.63) is 28.8 Å². The minimum Gasteiger partial charge on any atom is -0.428 e. The van der Waals surface area contributed by atoms with Gasteiger partial charge in [0.1, 0.15) is 0 Å². The van der Waals surface area contributed by atoms with E-state index in [1.54, 1.807) is 0 Å². The predicted molar refractivity (Wildman–Crippen MR) is 38.0 cm³/mol. The normalized spacial score (nSPS) is 10.6. The summed E-state index contributed by atoms with van der Waals surface area (Å²) in [6, 6.07) is 1.65. The zero-order valence-corrected chi connectivity index (χ0v) is 6.79. The molecule has 0 saturated heterocycles. The SMILES string of the molecule is Fc1ccc(Cl)c(F)c1OC(F)F. The molecule has 0 aromatic heterocycles. The molecule has 72 valence electrons. The molecule has 0 aliphatic rings. The van der Waals surface area contributed by atoms with Crippen LogP contribution < -0.4 is 4.74 Å². The Balaban J connectivity index is 3.10. The number of benzene rings is 1. The summed E-state index contributed by atoms with van der Waals surface area (Å²) in [5.74, 6) is -3.72. The highest BCUT2D eigenvalue weighted by Gasteiger charge is 2.17. The van der Waals surface area contributed by atoms with Gasteiger partial charge in [0.15, 0.2) is 17.4 Å². The number of rotatable bonds is 2. The molecule has 0 aliphatic heterocycles. The van der Waals surface area contributed by atoms with Crippen LogP contribution in [0.3, 0.4) is 0 Å². The van der Waals surface area contributed by atoms with Crippen LogP contribution in [-0.2, 0) is 0 Å². The molecular weight excluding hydrogens is 212 g/mol. The highest BCUT2D eigenvalue weighted by atomic mass is 35.5. The van der Waals surface area contributed by atoms with Crippen molar-refractivity contribution in [1.29, 1.82) is 0 Å². The van der Waals surface area contributed by atoms with E-state index in [4.69, 9.17) is 11.6 Å². The van der Waals surface area contributed by atoms with Crippen LogP contribution in [0.4, 0.5) is 17.6 Å². The Bertz CT molecular complexity index is 316. The van der Waals surface area contributed by atoms with E-state index in [9.17, 15) is 17.6 Å². The molecule has 0 spiro atoms. The van der Waals surface area contributed by atoms with Crippen LogP contribution in [0.1, 0.15) is 0 Å². The van der Waals surface area contributed by atoms with Gasteiger partial charge in [-0.15, -0.1) is 0 Å². The third-order valence-corrected chi connectivity index (χ3v) is 1.50. The third kappa shape index (κ3) is 2.24. The smallest absolute Gasteiger partial charge is 0.387 e. The van der Waals surface area contributed by atoms with Crippen LogP contribution in [0.25, 0.3) is 0 Å². The predicted octanol–water partition coefficient (Wildman–Crippen LogP) is 3.22. The summed E-state index contributed by atoms with van der Waals surface area (Å²) in [7, 11) is 0. The van der Waals surface area contributed by atoms with Crippen LogP contribution in [0.5, 0.6) is 5.75 Å². The van der Waals surface area contributed by atoms with E-state index in [0.717, 1.165) is 12.1 Å². The second kappa shape index (κ2) is 3.83. The maximum atomic E-state index is 12.8. The molecule has 0 aliphatic carbocycles. The van der Waals surface area contributed by atoms with Crippen LogP contribution in [0.2, 0.25) is 5.02 Å². The van der Waals surface area contributed by atoms with Gasteiger partial charge < -0.3 is 4.74 Å². The summed E-state index contributed by atoms with van der Waals surface area (Å²) < 4.78 is 52.2. The average Bonchev–Trinajstić information content (AvgIpc) is 2.05. The topological polar surface area (TPSA) is 9.23 Å². The van der Waals surface area contributed by atoms with Gasteiger partial charge in [-0.2, -0.15) is 8.78 Å². The van der Waals surface area contributed by atoms with Crippen molar-refractivity contribution in [3.8, 4) is 5.75 Å². The lowest BCUT2D eigenvalue weighted by atomic mass is 10.3. The molecule has 6 heteroatoms. The van der Waals surface area contributed by atoms with Gasteiger partial charge in [0.05, 0.1) is 5.02 Å². The number of halogens is 5. The maximum Gasteiger partial charge on any atom is 0.387 e. The zero-order valence-electron chi connectivity index (χ0n) is 6.03. The standard InChI is InChI=1S/C7H3ClF4O/c8-3-1-2-4(9)6(5(3)10)13-7(11)12/h1-2,7H. The van der Waals surface area contributed by atoms with E-state index in [1.807, 2.05) is 0 Å². The van der Waals surface area contributed by atoms with Gasteiger partial charge >= 0.3 is 6.61 Å². The fourth-order valence-electron chi connectivity index (χ4n) is 0.706. The van der Waals surface area contributed by atoms with Gasteiger partial charge in [-0.05, 0) is 12.1 Å². The molecule has 1 nitrogen and oxygen atoms in total. The summed E-state index contributed by atoms with van der Waals surface area (Å²) in [4.78, 5) is 0. The molecule has 1 aromatic carbocycles. The Morgan fingerprint density at radius 2 is 1.85 bits per heavy atom. The molecule has 0 saturated carbocycles. The van der Waals surface area contributed by atoms with E-state index in [2.05, 4.69) is 4.74 Å². The number of ether oxygens (including phenoxy) is 1. The van der Waals surface area contributed by atoms with Crippen molar-refractivity contribution < 1.29 is 22.3 Å². The summed E-state index contributed by atoms with van der Waals surface area (Å²) in [5.41, 5.74) is 0. The molecular formula is C7H3ClF4O. The lowest BCUT2D eigenvalue weighted by Gasteiger charge is -2.06. The van der Waals surface area contributed by atoms with Crippen molar-refractivity contribution in [2.45, 2.75) is 6.61 Å². The Kier molecular flexibility index (Phi) is 2.98. The van der Waals surface area contributed by atoms with Crippen LogP contribution in [0.15, 0.2) is 12.1 Å². The summed E-state index contributed by atoms with van der Waals surface area (Å²) in [5, 5.41) is -0.475. The first-order valence-electron chi connectivity index (χ1n) is 3.10. The lowest BCUT2D eigenvalue weighted by Crippen LogP contribution is -2.05. The van der Waals surface area contributed by atoms with Crippen molar-refractivity contribution in [3.63, 3.8) is 0 Å². The molecule has 0 heterocycles. The minimum absolute atomic E-state index is 0.475. The Morgan fingerprint density at radius 1 is 1.23 bits per heavy atom. The molecule has 0 bridgehead atoms. The van der Waals surface area contributed by atoms with Crippen LogP contribution in [0, 0.1) is 11.6 Å². The first-order valence-corrected chi connectivity index (χ1v) is 3.48. The Labute approximate surface area is 75.9 Å². The number of hydrogen-bond donors (Lipinski definition) is 0. The lowest BCUT2D eigenvalue weighted by molar-refractivity contribution is -0.0546. The molecule has 0 atom stereocenters. The summed E-state index contributed by atoms with van der Waals surface area (Å²) >= 11 is 5.20. The molecule has 0 unspecified atom stereocenters. The molecule has 0 radical (unpaired) electrons. The monoisotopic (exact) mass is 214 g/mol. The largest absolute Gasteiger partial charge is 0.428 e. The second-order valence-corrected chi connectivity index (χ2v) is 2.46. The van der Waals surface area contributed by atoms with Gasteiger partial charge in [-0.25, -0.2) is 8.78 Å². The highest BCUT2D eigenvalue weighted by molar-refractivity contribution is 6.30. The molecule has 0 fully saturated rings. The van der Waals surface area contributed by atoms with Gasteiger partial charge in [0.25, 0.3) is 0 Å². The van der Waals surface area contributed by atoms with Crippen molar-refractivity contribution in [2.75, 3.05) is 0 Å². The average molecular weight is 215 g/mol. The van der Waals surface area contributed by atoms with E-state index in [1.165, 1.54) is 0 Å². The maximum absolute atomic E-state index is 12.8. The van der Waals surface area contributed by atoms with Crippen LogP contribution >= 0.6 is 11.6 Å². The van der Waals surface area contributed by atoms with Gasteiger partial charge in [0.2, 0.25) is 0 Å².